The first-order valence-electron chi connectivity index (χ1n) is 4.82. The van der Waals surface area contributed by atoms with E-state index in [4.69, 9.17) is 5.73 Å². The fourth-order valence-corrected chi connectivity index (χ4v) is 1.46. The highest BCUT2D eigenvalue weighted by Gasteiger charge is 2.31. The molecule has 6 nitrogen and oxygen atoms in total. The van der Waals surface area contributed by atoms with Gasteiger partial charge in [-0.25, -0.2) is 4.98 Å². The van der Waals surface area contributed by atoms with Gasteiger partial charge < -0.3 is 11.1 Å². The Balaban J connectivity index is 2.72. The van der Waals surface area contributed by atoms with Gasteiger partial charge in [-0.3, -0.25) is 9.48 Å². The molecule has 0 radical (unpaired) electrons. The summed E-state index contributed by atoms with van der Waals surface area (Å²) in [6.45, 7) is 3.75. The van der Waals surface area contributed by atoms with Crippen LogP contribution in [0.4, 0.5) is 0 Å². The van der Waals surface area contributed by atoms with Crippen LogP contribution in [0.15, 0.2) is 12.7 Å². The van der Waals surface area contributed by atoms with Crippen LogP contribution < -0.4 is 11.1 Å². The van der Waals surface area contributed by atoms with E-state index < -0.39 is 5.54 Å². The van der Waals surface area contributed by atoms with Crippen LogP contribution in [-0.2, 0) is 4.79 Å². The van der Waals surface area contributed by atoms with Crippen LogP contribution in [0.3, 0.4) is 0 Å². The molecule has 0 aliphatic heterocycles. The highest BCUT2D eigenvalue weighted by molar-refractivity contribution is 5.84. The molecule has 0 aliphatic carbocycles. The lowest BCUT2D eigenvalue weighted by Gasteiger charge is -2.28. The van der Waals surface area contributed by atoms with E-state index >= 15 is 0 Å². The molecule has 0 saturated heterocycles. The molecule has 0 saturated carbocycles. The second kappa shape index (κ2) is 4.39. The van der Waals surface area contributed by atoms with E-state index in [2.05, 4.69) is 15.4 Å². The van der Waals surface area contributed by atoms with Crippen LogP contribution in [0, 0.1) is 0 Å². The van der Waals surface area contributed by atoms with E-state index in [1.54, 1.807) is 25.0 Å². The minimum absolute atomic E-state index is 0.0671. The van der Waals surface area contributed by atoms with Gasteiger partial charge in [0.1, 0.15) is 12.7 Å². The highest BCUT2D eigenvalue weighted by atomic mass is 16.1. The second-order valence-corrected chi connectivity index (χ2v) is 3.87. The van der Waals surface area contributed by atoms with Gasteiger partial charge in [0.25, 0.3) is 0 Å². The van der Waals surface area contributed by atoms with Gasteiger partial charge in [-0.15, -0.1) is 0 Å². The van der Waals surface area contributed by atoms with Gasteiger partial charge in [0.2, 0.25) is 5.91 Å². The standard InChI is InChI=1S/C9H17N5O/c1-7(14-6-12-5-13-14)4-9(2,11-3)8(10)15/h5-7,11H,4H2,1-3H3,(H2,10,15). The summed E-state index contributed by atoms with van der Waals surface area (Å²) in [6, 6.07) is 0.0671. The molecule has 1 aromatic heterocycles. The Labute approximate surface area is 88.9 Å². The molecule has 1 rings (SSSR count). The summed E-state index contributed by atoms with van der Waals surface area (Å²) >= 11 is 0. The Hall–Kier alpha value is -1.43. The molecule has 1 amide bonds. The number of carbonyl (C=O) groups excluding carboxylic acids is 1. The van der Waals surface area contributed by atoms with Crippen molar-refractivity contribution in [3.05, 3.63) is 12.7 Å². The van der Waals surface area contributed by atoms with Gasteiger partial charge in [0, 0.05) is 0 Å². The van der Waals surface area contributed by atoms with E-state index in [0.717, 1.165) is 0 Å². The van der Waals surface area contributed by atoms with E-state index in [-0.39, 0.29) is 11.9 Å². The quantitative estimate of drug-likeness (QED) is 0.699. The summed E-state index contributed by atoms with van der Waals surface area (Å²) in [4.78, 5) is 15.1. The Morgan fingerprint density at radius 1 is 1.73 bits per heavy atom. The van der Waals surface area contributed by atoms with Crippen molar-refractivity contribution >= 4 is 5.91 Å². The van der Waals surface area contributed by atoms with E-state index in [1.807, 2.05) is 6.92 Å². The van der Waals surface area contributed by atoms with E-state index in [9.17, 15) is 4.79 Å². The number of primary amides is 1. The normalized spacial score (nSPS) is 17.0. The van der Waals surface area contributed by atoms with Crippen LogP contribution in [0.1, 0.15) is 26.3 Å². The Bertz CT molecular complexity index is 323. The fourth-order valence-electron chi connectivity index (χ4n) is 1.46. The number of aromatic nitrogens is 3. The number of amides is 1. The van der Waals surface area contributed by atoms with Gasteiger partial charge >= 0.3 is 0 Å². The number of nitrogens with zero attached hydrogens (tertiary/aromatic N) is 3. The predicted octanol–water partition coefficient (Wildman–Crippen LogP) is -0.307. The molecule has 0 aliphatic rings. The smallest absolute Gasteiger partial charge is 0.237 e. The van der Waals surface area contributed by atoms with Crippen molar-refractivity contribution in [3.8, 4) is 0 Å². The SMILES string of the molecule is CNC(C)(CC(C)n1cncn1)C(N)=O. The molecule has 1 heterocycles. The van der Waals surface area contributed by atoms with Gasteiger partial charge in [-0.05, 0) is 27.3 Å². The molecule has 2 unspecified atom stereocenters. The number of carbonyl (C=O) groups is 1. The second-order valence-electron chi connectivity index (χ2n) is 3.87. The van der Waals surface area contributed by atoms with Gasteiger partial charge in [0.15, 0.2) is 0 Å². The van der Waals surface area contributed by atoms with Crippen LogP contribution in [0.25, 0.3) is 0 Å². The molecule has 0 bridgehead atoms. The van der Waals surface area contributed by atoms with E-state index in [0.29, 0.717) is 6.42 Å². The minimum Gasteiger partial charge on any atom is -0.368 e. The fraction of sp³-hybridized carbons (Fsp3) is 0.667. The van der Waals surface area contributed by atoms with Crippen molar-refractivity contribution in [1.82, 2.24) is 20.1 Å². The largest absolute Gasteiger partial charge is 0.368 e. The summed E-state index contributed by atoms with van der Waals surface area (Å²) in [5.41, 5.74) is 4.62. The molecule has 2 atom stereocenters. The van der Waals surface area contributed by atoms with Crippen LogP contribution in [-0.4, -0.2) is 33.3 Å². The summed E-state index contributed by atoms with van der Waals surface area (Å²) in [5, 5.41) is 6.95. The number of nitrogens with one attached hydrogen (secondary N) is 1. The average molecular weight is 211 g/mol. The lowest BCUT2D eigenvalue weighted by molar-refractivity contribution is -0.124. The lowest BCUT2D eigenvalue weighted by atomic mass is 9.93. The molecule has 0 aromatic carbocycles. The number of hydrogen-bond acceptors (Lipinski definition) is 4. The molecule has 0 spiro atoms. The van der Waals surface area contributed by atoms with Crippen molar-refractivity contribution in [1.29, 1.82) is 0 Å². The molecular formula is C9H17N5O. The minimum atomic E-state index is -0.717. The third-order valence-corrected chi connectivity index (χ3v) is 2.69. The molecule has 1 aromatic rings. The van der Waals surface area contributed by atoms with Gasteiger partial charge in [-0.2, -0.15) is 5.10 Å². The van der Waals surface area contributed by atoms with Crippen LogP contribution in [0.5, 0.6) is 0 Å². The highest BCUT2D eigenvalue weighted by Crippen LogP contribution is 2.19. The lowest BCUT2D eigenvalue weighted by Crippen LogP contribution is -2.52. The van der Waals surface area contributed by atoms with Crippen molar-refractivity contribution in [2.45, 2.75) is 31.8 Å². The third kappa shape index (κ3) is 2.53. The maximum Gasteiger partial charge on any atom is 0.237 e. The average Bonchev–Trinajstić information content (AvgIpc) is 2.70. The summed E-state index contributed by atoms with van der Waals surface area (Å²) in [5.74, 6) is -0.364. The number of hydrogen-bond donors (Lipinski definition) is 2. The molecule has 84 valence electrons. The zero-order valence-electron chi connectivity index (χ0n) is 9.27. The Morgan fingerprint density at radius 3 is 2.80 bits per heavy atom. The first-order chi connectivity index (χ1) is 6.99. The first-order valence-corrected chi connectivity index (χ1v) is 4.82. The number of nitrogens with two attached hydrogens (primary N) is 1. The molecular weight excluding hydrogens is 194 g/mol. The van der Waals surface area contributed by atoms with Gasteiger partial charge in [-0.1, -0.05) is 0 Å². The Kier molecular flexibility index (Phi) is 3.41. The van der Waals surface area contributed by atoms with Gasteiger partial charge in [0.05, 0.1) is 11.6 Å². The maximum atomic E-state index is 11.3. The summed E-state index contributed by atoms with van der Waals surface area (Å²) in [7, 11) is 1.72. The number of likely N-dealkylation sites (N-methyl/N-ethyl adjacent to an activating group) is 1. The third-order valence-electron chi connectivity index (χ3n) is 2.69. The van der Waals surface area contributed by atoms with E-state index in [1.165, 1.54) is 6.33 Å². The van der Waals surface area contributed by atoms with Crippen LogP contribution >= 0.6 is 0 Å². The van der Waals surface area contributed by atoms with Crippen molar-refractivity contribution in [3.63, 3.8) is 0 Å². The number of rotatable bonds is 5. The predicted molar refractivity (Wildman–Crippen MR) is 56.0 cm³/mol. The molecule has 3 N–H and O–H groups in total. The summed E-state index contributed by atoms with van der Waals surface area (Å²) in [6.07, 6.45) is 3.67. The van der Waals surface area contributed by atoms with Crippen molar-refractivity contribution < 1.29 is 4.79 Å². The van der Waals surface area contributed by atoms with Crippen molar-refractivity contribution in [2.75, 3.05) is 7.05 Å². The topological polar surface area (TPSA) is 85.8 Å². The molecule has 15 heavy (non-hydrogen) atoms. The zero-order valence-corrected chi connectivity index (χ0v) is 9.27. The monoisotopic (exact) mass is 211 g/mol. The maximum absolute atomic E-state index is 11.3. The Morgan fingerprint density at radius 2 is 2.40 bits per heavy atom. The summed E-state index contributed by atoms with van der Waals surface area (Å²) < 4.78 is 1.71. The van der Waals surface area contributed by atoms with Crippen molar-refractivity contribution in [2.24, 2.45) is 5.73 Å². The molecule has 0 fully saturated rings. The van der Waals surface area contributed by atoms with Crippen LogP contribution in [0.2, 0.25) is 0 Å². The first kappa shape index (κ1) is 11.6. The zero-order chi connectivity index (χ0) is 11.5. The molecule has 6 heteroatoms.